The Labute approximate surface area is 118 Å². The molecule has 104 valence electrons. The van der Waals surface area contributed by atoms with E-state index in [1.807, 2.05) is 18.2 Å². The number of methoxy groups -OCH3 is 1. The van der Waals surface area contributed by atoms with E-state index in [1.165, 1.54) is 17.6 Å². The standard InChI is InChI=1S/C14H19ClN2O2/c1-19-14(18)11-17-7-5-16(6-8-17)10-12-3-2-4-13(15)9-12/h2-4,9H,5-8,10-11H2,1H3/p+2. The highest BCUT2D eigenvalue weighted by Crippen LogP contribution is 2.09. The molecule has 0 radical (unpaired) electrons. The van der Waals surface area contributed by atoms with Gasteiger partial charge in [-0.3, -0.25) is 0 Å². The van der Waals surface area contributed by atoms with Crippen molar-refractivity contribution in [1.82, 2.24) is 0 Å². The van der Waals surface area contributed by atoms with Gasteiger partial charge in [-0.15, -0.1) is 0 Å². The molecule has 0 unspecified atom stereocenters. The maximum atomic E-state index is 11.2. The third-order valence-corrected chi connectivity index (χ3v) is 3.86. The van der Waals surface area contributed by atoms with Crippen LogP contribution in [0.3, 0.4) is 0 Å². The van der Waals surface area contributed by atoms with Crippen LogP contribution in [-0.2, 0) is 16.1 Å². The summed E-state index contributed by atoms with van der Waals surface area (Å²) in [6, 6.07) is 8.05. The first-order valence-electron chi connectivity index (χ1n) is 6.66. The van der Waals surface area contributed by atoms with Crippen LogP contribution in [0.15, 0.2) is 24.3 Å². The van der Waals surface area contributed by atoms with Crippen molar-refractivity contribution >= 4 is 17.6 Å². The molecule has 5 heteroatoms. The molecule has 4 nitrogen and oxygen atoms in total. The van der Waals surface area contributed by atoms with Crippen LogP contribution in [0.1, 0.15) is 5.56 Å². The number of carbonyl (C=O) groups is 1. The Bertz CT molecular complexity index is 431. The summed E-state index contributed by atoms with van der Waals surface area (Å²) < 4.78 is 4.71. The molecule has 0 amide bonds. The maximum Gasteiger partial charge on any atom is 0.361 e. The zero-order valence-electron chi connectivity index (χ0n) is 11.2. The molecular weight excluding hydrogens is 264 g/mol. The molecule has 0 aromatic heterocycles. The lowest BCUT2D eigenvalue weighted by molar-refractivity contribution is -1.02. The average molecular weight is 285 g/mol. The Morgan fingerprint density at radius 2 is 1.95 bits per heavy atom. The van der Waals surface area contributed by atoms with E-state index >= 15 is 0 Å². The molecule has 1 aromatic rings. The number of rotatable bonds is 4. The Morgan fingerprint density at radius 1 is 1.26 bits per heavy atom. The second-order valence-corrected chi connectivity index (χ2v) is 5.50. The normalized spacial score (nSPS) is 23.1. The van der Waals surface area contributed by atoms with Crippen LogP contribution in [-0.4, -0.2) is 45.8 Å². The Hall–Kier alpha value is -1.10. The number of carbonyl (C=O) groups excluding carboxylic acids is 1. The van der Waals surface area contributed by atoms with Crippen LogP contribution >= 0.6 is 11.6 Å². The lowest BCUT2D eigenvalue weighted by Crippen LogP contribution is -3.27. The second kappa shape index (κ2) is 6.89. The third kappa shape index (κ3) is 4.49. The summed E-state index contributed by atoms with van der Waals surface area (Å²) in [6.45, 7) is 5.70. The summed E-state index contributed by atoms with van der Waals surface area (Å²) in [5, 5.41) is 0.798. The predicted molar refractivity (Wildman–Crippen MR) is 73.4 cm³/mol. The van der Waals surface area contributed by atoms with Crippen molar-refractivity contribution in [3.63, 3.8) is 0 Å². The zero-order valence-corrected chi connectivity index (χ0v) is 12.0. The molecule has 1 fully saturated rings. The first kappa shape index (κ1) is 14.3. The van der Waals surface area contributed by atoms with Crippen LogP contribution in [0, 0.1) is 0 Å². The molecule has 1 aromatic carbocycles. The van der Waals surface area contributed by atoms with E-state index in [9.17, 15) is 4.79 Å². The topological polar surface area (TPSA) is 35.2 Å². The summed E-state index contributed by atoms with van der Waals surface area (Å²) in [7, 11) is 1.45. The van der Waals surface area contributed by atoms with Gasteiger partial charge in [0.2, 0.25) is 0 Å². The fourth-order valence-electron chi connectivity index (χ4n) is 2.52. The fourth-order valence-corrected chi connectivity index (χ4v) is 2.74. The average Bonchev–Trinajstić information content (AvgIpc) is 2.41. The van der Waals surface area contributed by atoms with Crippen molar-refractivity contribution in [2.75, 3.05) is 39.8 Å². The molecule has 0 aliphatic carbocycles. The number of esters is 1. The molecule has 0 spiro atoms. The van der Waals surface area contributed by atoms with E-state index < -0.39 is 0 Å². The van der Waals surface area contributed by atoms with Crippen molar-refractivity contribution in [1.29, 1.82) is 0 Å². The van der Waals surface area contributed by atoms with Gasteiger partial charge in [0.25, 0.3) is 0 Å². The Balaban J connectivity index is 1.79. The maximum absolute atomic E-state index is 11.2. The summed E-state index contributed by atoms with van der Waals surface area (Å²) in [5.41, 5.74) is 1.28. The molecule has 1 heterocycles. The smallest absolute Gasteiger partial charge is 0.361 e. The molecule has 2 rings (SSSR count). The van der Waals surface area contributed by atoms with Crippen molar-refractivity contribution in [3.05, 3.63) is 34.9 Å². The Kier molecular flexibility index (Phi) is 5.19. The number of hydrogen-bond donors (Lipinski definition) is 2. The number of ether oxygens (including phenoxy) is 1. The molecule has 0 atom stereocenters. The van der Waals surface area contributed by atoms with Gasteiger partial charge in [0.1, 0.15) is 32.7 Å². The number of hydrogen-bond acceptors (Lipinski definition) is 2. The number of quaternary nitrogens is 2. The Morgan fingerprint density at radius 3 is 2.58 bits per heavy atom. The molecule has 2 N–H and O–H groups in total. The van der Waals surface area contributed by atoms with E-state index in [1.54, 1.807) is 4.90 Å². The van der Waals surface area contributed by atoms with Crippen molar-refractivity contribution < 1.29 is 19.3 Å². The summed E-state index contributed by atoms with van der Waals surface area (Å²) in [6.07, 6.45) is 0. The fraction of sp³-hybridized carbons (Fsp3) is 0.500. The van der Waals surface area contributed by atoms with Gasteiger partial charge in [-0.05, 0) is 12.1 Å². The van der Waals surface area contributed by atoms with Gasteiger partial charge < -0.3 is 14.5 Å². The van der Waals surface area contributed by atoms with Gasteiger partial charge in [-0.2, -0.15) is 0 Å². The molecule has 0 saturated carbocycles. The van der Waals surface area contributed by atoms with E-state index in [2.05, 4.69) is 6.07 Å². The highest BCUT2D eigenvalue weighted by atomic mass is 35.5. The van der Waals surface area contributed by atoms with E-state index in [0.29, 0.717) is 6.54 Å². The third-order valence-electron chi connectivity index (χ3n) is 3.63. The predicted octanol–water partition coefficient (Wildman–Crippen LogP) is -1.20. The van der Waals surface area contributed by atoms with Crippen LogP contribution in [0.5, 0.6) is 0 Å². The second-order valence-electron chi connectivity index (χ2n) is 5.06. The molecule has 0 bridgehead atoms. The van der Waals surface area contributed by atoms with E-state index in [-0.39, 0.29) is 5.97 Å². The molecule has 1 aliphatic heterocycles. The van der Waals surface area contributed by atoms with Gasteiger partial charge >= 0.3 is 5.97 Å². The van der Waals surface area contributed by atoms with Crippen molar-refractivity contribution in [2.24, 2.45) is 0 Å². The molecule has 19 heavy (non-hydrogen) atoms. The number of halogens is 1. The van der Waals surface area contributed by atoms with Crippen LogP contribution in [0.2, 0.25) is 5.02 Å². The zero-order chi connectivity index (χ0) is 13.7. The molecule has 1 aliphatic rings. The van der Waals surface area contributed by atoms with Crippen LogP contribution < -0.4 is 9.80 Å². The summed E-state index contributed by atoms with van der Waals surface area (Å²) >= 11 is 5.99. The first-order chi connectivity index (χ1) is 9.17. The molecule has 1 saturated heterocycles. The summed E-state index contributed by atoms with van der Waals surface area (Å²) in [4.78, 5) is 14.1. The number of benzene rings is 1. The highest BCUT2D eigenvalue weighted by molar-refractivity contribution is 6.30. The lowest BCUT2D eigenvalue weighted by atomic mass is 10.2. The van der Waals surface area contributed by atoms with Gasteiger partial charge in [-0.25, -0.2) is 4.79 Å². The lowest BCUT2D eigenvalue weighted by Gasteiger charge is -2.29. The molecular formula is C14H21ClN2O2+2. The van der Waals surface area contributed by atoms with Gasteiger partial charge in [-0.1, -0.05) is 23.7 Å². The number of nitrogens with one attached hydrogen (secondary N) is 2. The summed E-state index contributed by atoms with van der Waals surface area (Å²) in [5.74, 6) is -0.117. The van der Waals surface area contributed by atoms with Gasteiger partial charge in [0, 0.05) is 10.6 Å². The van der Waals surface area contributed by atoms with Crippen LogP contribution in [0.4, 0.5) is 0 Å². The minimum atomic E-state index is -0.117. The van der Waals surface area contributed by atoms with E-state index in [4.69, 9.17) is 16.3 Å². The van der Waals surface area contributed by atoms with Gasteiger partial charge in [0.15, 0.2) is 6.54 Å². The number of piperazine rings is 1. The minimum Gasteiger partial charge on any atom is -0.465 e. The quantitative estimate of drug-likeness (QED) is 0.681. The first-order valence-corrected chi connectivity index (χ1v) is 7.03. The van der Waals surface area contributed by atoms with E-state index in [0.717, 1.165) is 37.7 Å². The largest absolute Gasteiger partial charge is 0.465 e. The van der Waals surface area contributed by atoms with Crippen molar-refractivity contribution in [3.8, 4) is 0 Å². The highest BCUT2D eigenvalue weighted by Gasteiger charge is 2.24. The van der Waals surface area contributed by atoms with Crippen molar-refractivity contribution in [2.45, 2.75) is 6.54 Å². The van der Waals surface area contributed by atoms with Gasteiger partial charge in [0.05, 0.1) is 7.11 Å². The monoisotopic (exact) mass is 284 g/mol. The SMILES string of the molecule is COC(=O)C[NH+]1CC[NH+](Cc2cccc(Cl)c2)CC1. The van der Waals surface area contributed by atoms with Crippen LogP contribution in [0.25, 0.3) is 0 Å². The minimum absolute atomic E-state index is 0.117.